The lowest BCUT2D eigenvalue weighted by atomic mass is 9.78. The van der Waals surface area contributed by atoms with Crippen molar-refractivity contribution in [3.63, 3.8) is 0 Å². The minimum absolute atomic E-state index is 0.0661. The Morgan fingerprint density at radius 2 is 1.94 bits per heavy atom. The fraction of sp³-hybridized carbons (Fsp3) is 0.680. The van der Waals surface area contributed by atoms with E-state index < -0.39 is 5.97 Å². The number of esters is 1. The monoisotopic (exact) mass is 443 g/mol. The van der Waals surface area contributed by atoms with E-state index in [0.29, 0.717) is 37.8 Å². The number of hydrogen-bond acceptors (Lipinski definition) is 5. The van der Waals surface area contributed by atoms with E-state index in [0.717, 1.165) is 25.1 Å². The summed E-state index contributed by atoms with van der Waals surface area (Å²) in [7, 11) is 0. The van der Waals surface area contributed by atoms with Gasteiger partial charge in [0.15, 0.2) is 0 Å². The predicted octanol–water partition coefficient (Wildman–Crippen LogP) is 3.37. The van der Waals surface area contributed by atoms with E-state index in [1.54, 1.807) is 13.1 Å². The van der Waals surface area contributed by atoms with Gasteiger partial charge < -0.3 is 14.5 Å². The average molecular weight is 444 g/mol. The number of pyridine rings is 1. The molecule has 2 amide bonds. The molecule has 176 valence electrons. The molecule has 0 radical (unpaired) electrons. The maximum atomic E-state index is 12.9. The highest BCUT2D eigenvalue weighted by atomic mass is 16.5. The quantitative estimate of drug-likeness (QED) is 0.518. The predicted molar refractivity (Wildman–Crippen MR) is 122 cm³/mol. The van der Waals surface area contributed by atoms with Gasteiger partial charge in [0.25, 0.3) is 0 Å². The number of aromatic nitrogens is 1. The van der Waals surface area contributed by atoms with E-state index in [9.17, 15) is 14.4 Å². The number of ether oxygens (including phenoxy) is 1. The first kappa shape index (κ1) is 24.2. The summed E-state index contributed by atoms with van der Waals surface area (Å²) in [4.78, 5) is 45.7. The van der Waals surface area contributed by atoms with Gasteiger partial charge in [0.05, 0.1) is 6.61 Å². The Labute approximate surface area is 191 Å². The number of carbonyl (C=O) groups excluding carboxylic acids is 3. The van der Waals surface area contributed by atoms with E-state index >= 15 is 0 Å². The Balaban J connectivity index is 1.49. The summed E-state index contributed by atoms with van der Waals surface area (Å²) < 4.78 is 5.04. The molecule has 7 nitrogen and oxygen atoms in total. The number of piperidine rings is 1. The molecule has 0 spiro atoms. The molecule has 0 aromatic carbocycles. The second-order valence-corrected chi connectivity index (χ2v) is 8.89. The molecule has 2 fully saturated rings. The molecule has 0 bridgehead atoms. The second kappa shape index (κ2) is 12.6. The number of likely N-dealkylation sites (tertiary alicyclic amines) is 1. The average Bonchev–Trinajstić information content (AvgIpc) is 2.82. The summed E-state index contributed by atoms with van der Waals surface area (Å²) in [6.07, 6.45) is 10.6. The smallest absolute Gasteiger partial charge is 0.325 e. The van der Waals surface area contributed by atoms with Crippen LogP contribution in [-0.2, 0) is 25.5 Å². The van der Waals surface area contributed by atoms with Gasteiger partial charge in [-0.1, -0.05) is 18.9 Å². The highest BCUT2D eigenvalue weighted by molar-refractivity contribution is 5.83. The van der Waals surface area contributed by atoms with Crippen LogP contribution in [0.4, 0.5) is 0 Å². The molecular weight excluding hydrogens is 406 g/mol. The van der Waals surface area contributed by atoms with Gasteiger partial charge in [-0.15, -0.1) is 0 Å². The summed E-state index contributed by atoms with van der Waals surface area (Å²) in [6.45, 7) is 3.23. The molecule has 1 aliphatic heterocycles. The van der Waals surface area contributed by atoms with Crippen LogP contribution in [0.25, 0.3) is 0 Å². The summed E-state index contributed by atoms with van der Waals surface area (Å²) in [6, 6.07) is 6.06. The van der Waals surface area contributed by atoms with Crippen LogP contribution in [0.2, 0.25) is 0 Å². The number of hydrogen-bond donors (Lipinski definition) is 0. The highest BCUT2D eigenvalue weighted by Gasteiger charge is 2.35. The lowest BCUT2D eigenvalue weighted by molar-refractivity contribution is -0.149. The van der Waals surface area contributed by atoms with E-state index in [2.05, 4.69) is 9.88 Å². The minimum atomic E-state index is -0.408. The Morgan fingerprint density at radius 3 is 2.72 bits per heavy atom. The van der Waals surface area contributed by atoms with E-state index in [4.69, 9.17) is 4.74 Å². The molecular formula is C25H37N3O4. The van der Waals surface area contributed by atoms with Crippen molar-refractivity contribution in [2.75, 3.05) is 26.2 Å². The molecule has 1 saturated carbocycles. The largest absolute Gasteiger partial charge is 0.465 e. The maximum Gasteiger partial charge on any atom is 0.325 e. The molecule has 32 heavy (non-hydrogen) atoms. The molecule has 1 aromatic rings. The van der Waals surface area contributed by atoms with Gasteiger partial charge >= 0.3 is 5.97 Å². The van der Waals surface area contributed by atoms with Gasteiger partial charge in [-0.2, -0.15) is 0 Å². The van der Waals surface area contributed by atoms with Crippen LogP contribution >= 0.6 is 0 Å². The van der Waals surface area contributed by atoms with Crippen LogP contribution in [0.3, 0.4) is 0 Å². The molecule has 1 saturated heterocycles. The third-order valence-electron chi connectivity index (χ3n) is 6.69. The second-order valence-electron chi connectivity index (χ2n) is 8.89. The van der Waals surface area contributed by atoms with Crippen LogP contribution in [0.5, 0.6) is 0 Å². The van der Waals surface area contributed by atoms with Crippen molar-refractivity contribution < 1.29 is 19.1 Å². The molecule has 7 heteroatoms. The molecule has 2 aliphatic rings. The zero-order valence-electron chi connectivity index (χ0n) is 19.3. The van der Waals surface area contributed by atoms with Crippen molar-refractivity contribution in [1.82, 2.24) is 14.8 Å². The van der Waals surface area contributed by atoms with Crippen molar-refractivity contribution in [2.24, 2.45) is 5.92 Å². The SMILES string of the molecule is CCOC(=O)CN(CCc1ccccn1)C(=O)CCCC(=O)N1CCCC2CCCCC21. The Kier molecular flexibility index (Phi) is 9.50. The van der Waals surface area contributed by atoms with Crippen molar-refractivity contribution in [1.29, 1.82) is 0 Å². The maximum absolute atomic E-state index is 12.9. The molecule has 2 unspecified atom stereocenters. The summed E-state index contributed by atoms with van der Waals surface area (Å²) in [5, 5.41) is 0. The minimum Gasteiger partial charge on any atom is -0.465 e. The first-order valence-corrected chi connectivity index (χ1v) is 12.2. The molecule has 0 N–H and O–H groups in total. The fourth-order valence-electron chi connectivity index (χ4n) is 5.08. The van der Waals surface area contributed by atoms with Crippen LogP contribution in [-0.4, -0.2) is 64.9 Å². The van der Waals surface area contributed by atoms with Crippen LogP contribution in [0, 0.1) is 5.92 Å². The van der Waals surface area contributed by atoms with Crippen molar-refractivity contribution >= 4 is 17.8 Å². The number of rotatable bonds is 10. The summed E-state index contributed by atoms with van der Waals surface area (Å²) >= 11 is 0. The van der Waals surface area contributed by atoms with Gasteiger partial charge in [-0.25, -0.2) is 0 Å². The third kappa shape index (κ3) is 7.04. The number of nitrogens with zero attached hydrogens (tertiary/aromatic N) is 3. The Morgan fingerprint density at radius 1 is 1.12 bits per heavy atom. The summed E-state index contributed by atoms with van der Waals surface area (Å²) in [5.74, 6) is 0.320. The topological polar surface area (TPSA) is 79.8 Å². The highest BCUT2D eigenvalue weighted by Crippen LogP contribution is 2.35. The van der Waals surface area contributed by atoms with Crippen molar-refractivity contribution in [2.45, 2.75) is 77.2 Å². The van der Waals surface area contributed by atoms with Gasteiger partial charge in [0.2, 0.25) is 11.8 Å². The molecule has 3 rings (SSSR count). The number of carbonyl (C=O) groups is 3. The Hall–Kier alpha value is -2.44. The first-order chi connectivity index (χ1) is 15.6. The fourth-order valence-corrected chi connectivity index (χ4v) is 5.08. The first-order valence-electron chi connectivity index (χ1n) is 12.2. The molecule has 2 heterocycles. The van der Waals surface area contributed by atoms with Gasteiger partial charge in [0.1, 0.15) is 6.54 Å². The summed E-state index contributed by atoms with van der Waals surface area (Å²) in [5.41, 5.74) is 0.872. The van der Waals surface area contributed by atoms with Crippen molar-refractivity contribution in [3.05, 3.63) is 30.1 Å². The van der Waals surface area contributed by atoms with Crippen molar-refractivity contribution in [3.8, 4) is 0 Å². The molecule has 1 aliphatic carbocycles. The van der Waals surface area contributed by atoms with E-state index in [-0.39, 0.29) is 31.4 Å². The van der Waals surface area contributed by atoms with Crippen LogP contribution < -0.4 is 0 Å². The van der Waals surface area contributed by atoms with Gasteiger partial charge in [0, 0.05) is 50.3 Å². The lowest BCUT2D eigenvalue weighted by Crippen LogP contribution is -2.49. The number of amides is 2. The van der Waals surface area contributed by atoms with Crippen LogP contribution in [0.1, 0.15) is 70.4 Å². The Bertz CT molecular complexity index is 753. The van der Waals surface area contributed by atoms with Gasteiger partial charge in [-0.3, -0.25) is 19.4 Å². The molecule has 2 atom stereocenters. The van der Waals surface area contributed by atoms with Crippen LogP contribution in [0.15, 0.2) is 24.4 Å². The van der Waals surface area contributed by atoms with E-state index in [1.807, 2.05) is 18.2 Å². The normalized spacial score (nSPS) is 20.3. The molecule has 1 aromatic heterocycles. The van der Waals surface area contributed by atoms with E-state index in [1.165, 1.54) is 30.6 Å². The lowest BCUT2D eigenvalue weighted by Gasteiger charge is -2.44. The third-order valence-corrected chi connectivity index (χ3v) is 6.69. The standard InChI is InChI=1S/C25H37N3O4/c1-2-32-25(31)19-27(18-15-21-11-5-6-16-26-21)23(29)13-7-14-24(30)28-17-8-10-20-9-3-4-12-22(20)28/h5-6,11,16,20,22H,2-4,7-10,12-15,17-19H2,1H3. The zero-order valence-corrected chi connectivity index (χ0v) is 19.3. The van der Waals surface area contributed by atoms with Gasteiger partial charge in [-0.05, 0) is 57.1 Å². The number of fused-ring (bicyclic) bond motifs is 1. The zero-order chi connectivity index (χ0) is 22.8.